The summed E-state index contributed by atoms with van der Waals surface area (Å²) in [5.41, 5.74) is 0.153. The number of hydrogen-bond donors (Lipinski definition) is 0. The number of halogens is 1. The summed E-state index contributed by atoms with van der Waals surface area (Å²) in [7, 11) is 0. The highest BCUT2D eigenvalue weighted by Crippen LogP contribution is 2.31. The first-order valence-electron chi connectivity index (χ1n) is 10.5. The van der Waals surface area contributed by atoms with Gasteiger partial charge in [-0.05, 0) is 42.5 Å². The van der Waals surface area contributed by atoms with Crippen LogP contribution in [0.5, 0.6) is 5.75 Å². The topological polar surface area (TPSA) is 130 Å². The van der Waals surface area contributed by atoms with Crippen molar-refractivity contribution >= 4 is 51.3 Å². The molecule has 178 valence electrons. The van der Waals surface area contributed by atoms with E-state index < -0.39 is 22.1 Å². The molecule has 0 atom stereocenters. The molecule has 0 unspecified atom stereocenters. The third-order valence-electron chi connectivity index (χ3n) is 5.23. The van der Waals surface area contributed by atoms with Crippen molar-refractivity contribution in [1.29, 1.82) is 0 Å². The van der Waals surface area contributed by atoms with E-state index in [-0.39, 0.29) is 22.9 Å². The van der Waals surface area contributed by atoms with Crippen LogP contribution in [0.25, 0.3) is 33.5 Å². The van der Waals surface area contributed by atoms with Gasteiger partial charge in [-0.2, -0.15) is 9.78 Å². The van der Waals surface area contributed by atoms with E-state index in [2.05, 4.69) is 10.1 Å². The summed E-state index contributed by atoms with van der Waals surface area (Å²) in [5, 5.41) is 17.3. The lowest BCUT2D eigenvalue weighted by molar-refractivity contribution is -0.385. The van der Waals surface area contributed by atoms with Gasteiger partial charge >= 0.3 is 11.7 Å². The number of furan rings is 1. The molecule has 5 rings (SSSR count). The lowest BCUT2D eigenvalue weighted by atomic mass is 10.2. The predicted molar refractivity (Wildman–Crippen MR) is 134 cm³/mol. The van der Waals surface area contributed by atoms with Crippen molar-refractivity contribution in [3.8, 4) is 17.3 Å². The Kier molecular flexibility index (Phi) is 5.79. The first-order valence-corrected chi connectivity index (χ1v) is 10.9. The lowest BCUT2D eigenvalue weighted by Gasteiger charge is -2.08. The number of esters is 1. The summed E-state index contributed by atoms with van der Waals surface area (Å²) in [6, 6.07) is 17.6. The lowest BCUT2D eigenvalue weighted by Crippen LogP contribution is -2.20. The van der Waals surface area contributed by atoms with E-state index in [1.165, 1.54) is 24.4 Å². The Hall–Kier alpha value is -4.83. The molecule has 0 aliphatic carbocycles. The average Bonchev–Trinajstić information content (AvgIpc) is 3.26. The van der Waals surface area contributed by atoms with E-state index in [9.17, 15) is 19.7 Å². The monoisotopic (exact) mass is 502 g/mol. The van der Waals surface area contributed by atoms with Gasteiger partial charge in [-0.15, -0.1) is 0 Å². The molecular formula is C25H15ClN4O6. The van der Waals surface area contributed by atoms with Crippen molar-refractivity contribution in [2.75, 3.05) is 0 Å². The van der Waals surface area contributed by atoms with Crippen LogP contribution in [0.15, 0.2) is 81.0 Å². The number of nitro groups is 1. The molecule has 0 spiro atoms. The Morgan fingerprint density at radius 2 is 1.97 bits per heavy atom. The zero-order valence-electron chi connectivity index (χ0n) is 18.5. The average molecular weight is 503 g/mol. The van der Waals surface area contributed by atoms with E-state index in [4.69, 9.17) is 20.8 Å². The number of rotatable bonds is 5. The largest absolute Gasteiger partial charge is 0.453 e. The first-order chi connectivity index (χ1) is 17.3. The van der Waals surface area contributed by atoms with Crippen LogP contribution in [0.2, 0.25) is 5.02 Å². The highest BCUT2D eigenvalue weighted by atomic mass is 35.5. The van der Waals surface area contributed by atoms with Crippen molar-refractivity contribution in [3.05, 3.63) is 97.8 Å². The van der Waals surface area contributed by atoms with Gasteiger partial charge in [0, 0.05) is 29.0 Å². The van der Waals surface area contributed by atoms with Crippen LogP contribution in [0.4, 0.5) is 5.69 Å². The molecule has 0 N–H and O–H groups in total. The molecule has 3 aromatic carbocycles. The fourth-order valence-corrected chi connectivity index (χ4v) is 3.86. The van der Waals surface area contributed by atoms with E-state index in [1.54, 1.807) is 48.5 Å². The SMILES string of the molecule is CC(=O)Oc1c(C=Nn2c(-c3cc4cc(Cl)ccc4o3)nc3ccccc3c2=O)cccc1[N+](=O)[O-]. The number of para-hydroxylation sites is 2. The second-order valence-corrected chi connectivity index (χ2v) is 8.09. The first kappa shape index (κ1) is 22.9. The van der Waals surface area contributed by atoms with E-state index in [1.807, 2.05) is 0 Å². The number of fused-ring (bicyclic) bond motifs is 2. The van der Waals surface area contributed by atoms with E-state index in [0.29, 0.717) is 26.9 Å². The van der Waals surface area contributed by atoms with Gasteiger partial charge in [0.15, 0.2) is 5.76 Å². The number of hydrogen-bond acceptors (Lipinski definition) is 8. The number of aromatic nitrogens is 2. The molecule has 11 heteroatoms. The summed E-state index contributed by atoms with van der Waals surface area (Å²) >= 11 is 6.09. The Balaban J connectivity index is 1.73. The molecule has 2 aromatic heterocycles. The van der Waals surface area contributed by atoms with Gasteiger partial charge in [-0.1, -0.05) is 29.8 Å². The maximum Gasteiger partial charge on any atom is 0.312 e. The molecule has 0 fully saturated rings. The number of carbonyl (C=O) groups is 1. The van der Waals surface area contributed by atoms with Crippen LogP contribution in [0.1, 0.15) is 12.5 Å². The van der Waals surface area contributed by atoms with Crippen molar-refractivity contribution in [1.82, 2.24) is 9.66 Å². The smallest absolute Gasteiger partial charge is 0.312 e. The molecule has 0 amide bonds. The molecule has 0 aliphatic rings. The van der Waals surface area contributed by atoms with Crippen molar-refractivity contribution in [3.63, 3.8) is 0 Å². The fourth-order valence-electron chi connectivity index (χ4n) is 3.68. The van der Waals surface area contributed by atoms with Gasteiger partial charge in [-0.3, -0.25) is 19.7 Å². The Labute approximate surface area is 207 Å². The molecule has 0 radical (unpaired) electrons. The maximum absolute atomic E-state index is 13.4. The number of nitro benzene ring substituents is 1. The molecule has 0 bridgehead atoms. The van der Waals surface area contributed by atoms with Crippen LogP contribution in [-0.4, -0.2) is 26.8 Å². The zero-order valence-corrected chi connectivity index (χ0v) is 19.3. The number of carbonyl (C=O) groups excluding carboxylic acids is 1. The predicted octanol–water partition coefficient (Wildman–Crippen LogP) is 5.18. The summed E-state index contributed by atoms with van der Waals surface area (Å²) in [6.45, 7) is 1.13. The third-order valence-corrected chi connectivity index (χ3v) is 5.47. The zero-order chi connectivity index (χ0) is 25.4. The molecule has 10 nitrogen and oxygen atoms in total. The van der Waals surface area contributed by atoms with Crippen LogP contribution in [0, 0.1) is 10.1 Å². The Bertz CT molecular complexity index is 1770. The molecule has 0 aliphatic heterocycles. The summed E-state index contributed by atoms with van der Waals surface area (Å²) in [4.78, 5) is 40.4. The minimum Gasteiger partial charge on any atom is -0.453 e. The summed E-state index contributed by atoms with van der Waals surface area (Å²) in [6.07, 6.45) is 1.19. The minimum absolute atomic E-state index is 0.0988. The Morgan fingerprint density at radius 3 is 2.75 bits per heavy atom. The molecular weight excluding hydrogens is 488 g/mol. The van der Waals surface area contributed by atoms with Crippen molar-refractivity contribution in [2.24, 2.45) is 5.10 Å². The van der Waals surface area contributed by atoms with Gasteiger partial charge in [0.25, 0.3) is 5.56 Å². The van der Waals surface area contributed by atoms with Gasteiger partial charge in [0.2, 0.25) is 11.6 Å². The van der Waals surface area contributed by atoms with E-state index >= 15 is 0 Å². The van der Waals surface area contributed by atoms with E-state index in [0.717, 1.165) is 11.6 Å². The quantitative estimate of drug-likeness (QED) is 0.106. The second kappa shape index (κ2) is 9.08. The van der Waals surface area contributed by atoms with Gasteiger partial charge in [0.05, 0.1) is 22.0 Å². The summed E-state index contributed by atoms with van der Waals surface area (Å²) in [5.74, 6) is -0.682. The van der Waals surface area contributed by atoms with Gasteiger partial charge < -0.3 is 9.15 Å². The third kappa shape index (κ3) is 4.21. The van der Waals surface area contributed by atoms with Crippen molar-refractivity contribution in [2.45, 2.75) is 6.92 Å². The molecule has 0 saturated carbocycles. The molecule has 36 heavy (non-hydrogen) atoms. The highest BCUT2D eigenvalue weighted by molar-refractivity contribution is 6.31. The maximum atomic E-state index is 13.4. The summed E-state index contributed by atoms with van der Waals surface area (Å²) < 4.78 is 12.0. The van der Waals surface area contributed by atoms with Crippen LogP contribution in [-0.2, 0) is 4.79 Å². The van der Waals surface area contributed by atoms with Crippen molar-refractivity contribution < 1.29 is 18.9 Å². The Morgan fingerprint density at radius 1 is 1.17 bits per heavy atom. The minimum atomic E-state index is -0.745. The fraction of sp³-hybridized carbons (Fsp3) is 0.0400. The number of nitrogens with zero attached hydrogens (tertiary/aromatic N) is 4. The molecule has 0 saturated heterocycles. The number of ether oxygens (including phenoxy) is 1. The van der Waals surface area contributed by atoms with Crippen LogP contribution < -0.4 is 10.3 Å². The standard InChI is InChI=1S/C25H15ClN4O6/c1-14(31)35-23-15(5-4-8-20(23)30(33)34)13-27-29-24(28-19-7-3-2-6-18(19)25(29)32)22-12-16-11-17(26)9-10-21(16)36-22/h2-13H,1H3. The van der Waals surface area contributed by atoms with Crippen LogP contribution in [0.3, 0.4) is 0 Å². The second-order valence-electron chi connectivity index (χ2n) is 7.65. The molecule has 2 heterocycles. The highest BCUT2D eigenvalue weighted by Gasteiger charge is 2.21. The van der Waals surface area contributed by atoms with Gasteiger partial charge in [0.1, 0.15) is 5.58 Å². The normalized spacial score (nSPS) is 11.4. The van der Waals surface area contributed by atoms with Crippen LogP contribution >= 0.6 is 11.6 Å². The van der Waals surface area contributed by atoms with Gasteiger partial charge in [-0.25, -0.2) is 4.98 Å². The number of benzene rings is 3. The molecule has 5 aromatic rings.